The molecule has 0 spiro atoms. The summed E-state index contributed by atoms with van der Waals surface area (Å²) >= 11 is 1.34. The summed E-state index contributed by atoms with van der Waals surface area (Å²) in [6.07, 6.45) is 5.62. The molecule has 0 bridgehead atoms. The molecule has 0 aromatic carbocycles. The van der Waals surface area contributed by atoms with Crippen LogP contribution < -0.4 is 4.74 Å². The molecule has 0 atom stereocenters. The minimum absolute atomic E-state index is 0.351. The first-order valence-corrected chi connectivity index (χ1v) is 7.01. The van der Waals surface area contributed by atoms with E-state index < -0.39 is 5.97 Å². The summed E-state index contributed by atoms with van der Waals surface area (Å²) in [7, 11) is 0. The Kier molecular flexibility index (Phi) is 4.05. The highest BCUT2D eigenvalue weighted by molar-refractivity contribution is 7.14. The zero-order valence-electron chi connectivity index (χ0n) is 10.1. The molecule has 1 saturated carbocycles. The fourth-order valence-corrected chi connectivity index (χ4v) is 2.83. The molecule has 17 heavy (non-hydrogen) atoms. The highest BCUT2D eigenvalue weighted by atomic mass is 32.1. The van der Waals surface area contributed by atoms with Gasteiger partial charge in [0.1, 0.15) is 5.75 Å². The number of hydrogen-bond donors (Lipinski definition) is 1. The number of carboxylic acids is 1. The van der Waals surface area contributed by atoms with E-state index in [1.54, 1.807) is 0 Å². The van der Waals surface area contributed by atoms with Crippen molar-refractivity contribution < 1.29 is 14.6 Å². The van der Waals surface area contributed by atoms with Gasteiger partial charge in [0, 0.05) is 4.88 Å². The van der Waals surface area contributed by atoms with E-state index in [9.17, 15) is 4.79 Å². The molecular formula is C13H18O3S. The van der Waals surface area contributed by atoms with Crippen LogP contribution in [0.3, 0.4) is 0 Å². The topological polar surface area (TPSA) is 46.5 Å². The second kappa shape index (κ2) is 5.54. The highest BCUT2D eigenvalue weighted by Gasteiger charge is 2.22. The average Bonchev–Trinajstić information content (AvgIpc) is 3.00. The summed E-state index contributed by atoms with van der Waals surface area (Å²) in [5, 5.41) is 9.10. The van der Waals surface area contributed by atoms with Crippen molar-refractivity contribution in [2.45, 2.75) is 39.0 Å². The van der Waals surface area contributed by atoms with Gasteiger partial charge in [0.05, 0.1) is 6.61 Å². The molecule has 1 aliphatic rings. The first-order valence-electron chi connectivity index (χ1n) is 6.19. The van der Waals surface area contributed by atoms with E-state index in [0.717, 1.165) is 30.1 Å². The number of aryl methyl sites for hydroxylation is 1. The third-order valence-corrected chi connectivity index (χ3v) is 4.08. The summed E-state index contributed by atoms with van der Waals surface area (Å²) < 4.78 is 5.61. The SMILES string of the molecule is CCCc1cc(OCCC2CC2)c(C(=O)O)s1. The molecule has 0 amide bonds. The Hall–Kier alpha value is -1.03. The molecule has 1 fully saturated rings. The van der Waals surface area contributed by atoms with Gasteiger partial charge in [-0.3, -0.25) is 0 Å². The minimum atomic E-state index is -0.876. The van der Waals surface area contributed by atoms with Crippen LogP contribution >= 0.6 is 11.3 Å². The number of ether oxygens (including phenoxy) is 1. The predicted molar refractivity (Wildman–Crippen MR) is 68.1 cm³/mol. The van der Waals surface area contributed by atoms with E-state index >= 15 is 0 Å². The Labute approximate surface area is 105 Å². The first kappa shape index (κ1) is 12.4. The van der Waals surface area contributed by atoms with Crippen LogP contribution in [0, 0.1) is 5.92 Å². The van der Waals surface area contributed by atoms with Crippen molar-refractivity contribution in [1.82, 2.24) is 0 Å². The van der Waals surface area contributed by atoms with E-state index in [4.69, 9.17) is 9.84 Å². The third kappa shape index (κ3) is 3.46. The number of carbonyl (C=O) groups is 1. The molecule has 0 unspecified atom stereocenters. The maximum absolute atomic E-state index is 11.1. The van der Waals surface area contributed by atoms with E-state index in [2.05, 4.69) is 6.92 Å². The van der Waals surface area contributed by atoms with Gasteiger partial charge in [-0.15, -0.1) is 11.3 Å². The zero-order valence-corrected chi connectivity index (χ0v) is 10.9. The van der Waals surface area contributed by atoms with Crippen molar-refractivity contribution in [1.29, 1.82) is 0 Å². The Morgan fingerprint density at radius 2 is 2.35 bits per heavy atom. The number of aromatic carboxylic acids is 1. The number of thiophene rings is 1. The van der Waals surface area contributed by atoms with Crippen molar-refractivity contribution in [2.24, 2.45) is 5.92 Å². The lowest BCUT2D eigenvalue weighted by atomic mass is 10.3. The van der Waals surface area contributed by atoms with Gasteiger partial charge in [-0.05, 0) is 24.8 Å². The van der Waals surface area contributed by atoms with Crippen LogP contribution in [-0.2, 0) is 6.42 Å². The fourth-order valence-electron chi connectivity index (χ4n) is 1.79. The van der Waals surface area contributed by atoms with Crippen LogP contribution in [0.5, 0.6) is 5.75 Å². The molecule has 0 radical (unpaired) electrons. The normalized spacial score (nSPS) is 14.9. The van der Waals surface area contributed by atoms with Gasteiger partial charge in [0.15, 0.2) is 4.88 Å². The number of carboxylic acid groups (broad SMARTS) is 1. The van der Waals surface area contributed by atoms with E-state index in [-0.39, 0.29) is 0 Å². The molecule has 1 N–H and O–H groups in total. The quantitative estimate of drug-likeness (QED) is 0.809. The van der Waals surface area contributed by atoms with Gasteiger partial charge in [-0.2, -0.15) is 0 Å². The van der Waals surface area contributed by atoms with Crippen LogP contribution in [-0.4, -0.2) is 17.7 Å². The summed E-state index contributed by atoms with van der Waals surface area (Å²) in [4.78, 5) is 12.5. The van der Waals surface area contributed by atoms with Crippen molar-refractivity contribution in [3.8, 4) is 5.75 Å². The summed E-state index contributed by atoms with van der Waals surface area (Å²) in [6.45, 7) is 2.74. The van der Waals surface area contributed by atoms with Gasteiger partial charge in [-0.25, -0.2) is 4.79 Å². The number of rotatable bonds is 7. The molecule has 1 aromatic rings. The van der Waals surface area contributed by atoms with Gasteiger partial charge >= 0.3 is 5.97 Å². The average molecular weight is 254 g/mol. The largest absolute Gasteiger partial charge is 0.492 e. The maximum atomic E-state index is 11.1. The molecule has 4 heteroatoms. The van der Waals surface area contributed by atoms with Gasteiger partial charge in [0.25, 0.3) is 0 Å². The molecule has 0 aliphatic heterocycles. The fraction of sp³-hybridized carbons (Fsp3) is 0.615. The van der Waals surface area contributed by atoms with Crippen molar-refractivity contribution in [2.75, 3.05) is 6.61 Å². The molecule has 94 valence electrons. The molecule has 0 saturated heterocycles. The van der Waals surface area contributed by atoms with Crippen LogP contribution in [0.4, 0.5) is 0 Å². The zero-order chi connectivity index (χ0) is 12.3. The van der Waals surface area contributed by atoms with Crippen molar-refractivity contribution in [3.05, 3.63) is 15.8 Å². The Morgan fingerprint density at radius 3 is 2.94 bits per heavy atom. The Bertz CT molecular complexity index is 393. The Morgan fingerprint density at radius 1 is 1.59 bits per heavy atom. The predicted octanol–water partition coefficient (Wildman–Crippen LogP) is 3.58. The van der Waals surface area contributed by atoms with Crippen LogP contribution in [0.25, 0.3) is 0 Å². The lowest BCUT2D eigenvalue weighted by Crippen LogP contribution is -2.01. The van der Waals surface area contributed by atoms with Crippen molar-refractivity contribution >= 4 is 17.3 Å². The summed E-state index contributed by atoms with van der Waals surface area (Å²) in [5.74, 6) is 0.502. The maximum Gasteiger partial charge on any atom is 0.349 e. The summed E-state index contributed by atoms with van der Waals surface area (Å²) in [5.41, 5.74) is 0. The second-order valence-electron chi connectivity index (χ2n) is 4.54. The molecule has 2 rings (SSSR count). The number of hydrogen-bond acceptors (Lipinski definition) is 3. The Balaban J connectivity index is 1.98. The summed E-state index contributed by atoms with van der Waals surface area (Å²) in [6, 6.07) is 1.89. The standard InChI is InChI=1S/C13H18O3S/c1-2-3-10-8-11(12(17-10)13(14)15)16-7-6-9-4-5-9/h8-9H,2-7H2,1H3,(H,14,15). The minimum Gasteiger partial charge on any atom is -0.492 e. The lowest BCUT2D eigenvalue weighted by Gasteiger charge is -2.03. The van der Waals surface area contributed by atoms with Gasteiger partial charge in [-0.1, -0.05) is 26.2 Å². The van der Waals surface area contributed by atoms with Gasteiger partial charge < -0.3 is 9.84 Å². The van der Waals surface area contributed by atoms with Gasteiger partial charge in [0.2, 0.25) is 0 Å². The van der Waals surface area contributed by atoms with Crippen LogP contribution in [0.2, 0.25) is 0 Å². The smallest absolute Gasteiger partial charge is 0.349 e. The van der Waals surface area contributed by atoms with Crippen LogP contribution in [0.15, 0.2) is 6.07 Å². The van der Waals surface area contributed by atoms with E-state index in [0.29, 0.717) is 17.2 Å². The molecule has 3 nitrogen and oxygen atoms in total. The monoisotopic (exact) mass is 254 g/mol. The first-order chi connectivity index (χ1) is 8.20. The molecule has 1 aromatic heterocycles. The van der Waals surface area contributed by atoms with E-state index in [1.807, 2.05) is 6.07 Å². The lowest BCUT2D eigenvalue weighted by molar-refractivity contribution is 0.0698. The van der Waals surface area contributed by atoms with Crippen LogP contribution in [0.1, 0.15) is 47.2 Å². The molecule has 1 heterocycles. The molecular weight excluding hydrogens is 236 g/mol. The highest BCUT2D eigenvalue weighted by Crippen LogP contribution is 2.34. The molecule has 1 aliphatic carbocycles. The second-order valence-corrected chi connectivity index (χ2v) is 5.68. The van der Waals surface area contributed by atoms with E-state index in [1.165, 1.54) is 24.2 Å². The third-order valence-electron chi connectivity index (χ3n) is 2.92. The van der Waals surface area contributed by atoms with Crippen molar-refractivity contribution in [3.63, 3.8) is 0 Å².